The minimum absolute atomic E-state index is 0.0241. The van der Waals surface area contributed by atoms with Gasteiger partial charge in [-0.05, 0) is 6.92 Å². The number of pyridine rings is 1. The summed E-state index contributed by atoms with van der Waals surface area (Å²) in [5, 5.41) is 27.0. The van der Waals surface area contributed by atoms with Crippen LogP contribution in [0.15, 0.2) is 22.1 Å². The largest absolute Gasteiger partial charge is 0.506 e. The Hall–Kier alpha value is -3.11. The number of aliphatic hydroxyl groups excluding tert-OH is 2. The second-order valence-electron chi connectivity index (χ2n) is 6.58. The van der Waals surface area contributed by atoms with E-state index in [-0.39, 0.29) is 43.3 Å². The Labute approximate surface area is 181 Å². The molecule has 0 spiro atoms. The van der Waals surface area contributed by atoms with Crippen molar-refractivity contribution in [2.75, 3.05) is 6.61 Å². The maximum atomic E-state index is 12.0. The third kappa shape index (κ3) is 5.38. The highest BCUT2D eigenvalue weighted by Crippen LogP contribution is 2.23. The first-order valence-corrected chi connectivity index (χ1v) is 10.4. The minimum atomic E-state index is -4.54. The zero-order chi connectivity index (χ0) is 24.2. The van der Waals surface area contributed by atoms with Crippen molar-refractivity contribution in [2.45, 2.75) is 26.7 Å². The maximum Gasteiger partial charge on any atom is 0.397 e. The molecule has 4 N–H and O–H groups in total. The zero-order valence-electron chi connectivity index (χ0n) is 17.5. The number of hydrogen-bond acceptors (Lipinski definition) is 10. The standard InChI is InChI=1S/C9H12N4O6S.C8H11NO3/c1-11-7-6(8(14)12(2)9(11)15)13(5-10-7)3-4-19-20(16,17)18;1-5-8(12)7(4-11)6(3-10)2-9-5/h5H,3-4H2,1-2H3,(H,16,17,18);2,10-12H,3-4H2,1H3. The van der Waals surface area contributed by atoms with Crippen molar-refractivity contribution in [1.82, 2.24) is 23.7 Å². The first-order valence-electron chi connectivity index (χ1n) is 9.03. The number of rotatable bonds is 6. The number of aromatic hydroxyl groups is 1. The van der Waals surface area contributed by atoms with E-state index in [9.17, 15) is 23.1 Å². The molecule has 32 heavy (non-hydrogen) atoms. The summed E-state index contributed by atoms with van der Waals surface area (Å²) in [5.41, 5.74) is 0.537. The van der Waals surface area contributed by atoms with Crippen LogP contribution in [0.3, 0.4) is 0 Å². The van der Waals surface area contributed by atoms with Gasteiger partial charge < -0.3 is 19.9 Å². The second kappa shape index (κ2) is 10.0. The Balaban J connectivity index is 0.000000258. The van der Waals surface area contributed by atoms with Gasteiger partial charge in [-0.15, -0.1) is 0 Å². The van der Waals surface area contributed by atoms with Crippen molar-refractivity contribution in [1.29, 1.82) is 0 Å². The summed E-state index contributed by atoms with van der Waals surface area (Å²) >= 11 is 0. The normalized spacial score (nSPS) is 11.4. The van der Waals surface area contributed by atoms with Crippen LogP contribution >= 0.6 is 0 Å². The third-order valence-electron chi connectivity index (χ3n) is 4.54. The van der Waals surface area contributed by atoms with Crippen molar-refractivity contribution in [2.24, 2.45) is 14.1 Å². The van der Waals surface area contributed by atoms with E-state index in [1.165, 1.54) is 35.8 Å². The van der Waals surface area contributed by atoms with E-state index in [0.29, 0.717) is 16.8 Å². The lowest BCUT2D eigenvalue weighted by Gasteiger charge is -2.07. The summed E-state index contributed by atoms with van der Waals surface area (Å²) in [6, 6.07) is 0. The van der Waals surface area contributed by atoms with Gasteiger partial charge in [0.25, 0.3) is 5.56 Å². The molecule has 0 atom stereocenters. The van der Waals surface area contributed by atoms with E-state index in [2.05, 4.69) is 14.2 Å². The molecule has 0 radical (unpaired) electrons. The highest BCUT2D eigenvalue weighted by molar-refractivity contribution is 7.80. The molecule has 176 valence electrons. The maximum absolute atomic E-state index is 12.0. The highest BCUT2D eigenvalue weighted by atomic mass is 32.3. The van der Waals surface area contributed by atoms with Crippen molar-refractivity contribution in [3.63, 3.8) is 0 Å². The van der Waals surface area contributed by atoms with Crippen molar-refractivity contribution in [3.8, 4) is 5.75 Å². The molecule has 0 aliphatic rings. The molecule has 0 aromatic carbocycles. The zero-order valence-corrected chi connectivity index (χ0v) is 18.3. The molecular weight excluding hydrogens is 450 g/mol. The average molecular weight is 473 g/mol. The fourth-order valence-corrected chi connectivity index (χ4v) is 3.09. The molecule has 3 heterocycles. The van der Waals surface area contributed by atoms with Gasteiger partial charge in [0, 0.05) is 38.0 Å². The van der Waals surface area contributed by atoms with E-state index in [0.717, 1.165) is 4.57 Å². The lowest BCUT2D eigenvalue weighted by molar-refractivity contribution is 0.254. The quantitative estimate of drug-likeness (QED) is 0.298. The first-order chi connectivity index (χ1) is 14.9. The summed E-state index contributed by atoms with van der Waals surface area (Å²) in [6.45, 7) is 0.734. The second-order valence-corrected chi connectivity index (χ2v) is 7.67. The third-order valence-corrected chi connectivity index (χ3v) is 5.00. The average Bonchev–Trinajstić information content (AvgIpc) is 3.16. The van der Waals surface area contributed by atoms with Gasteiger partial charge in [0.1, 0.15) is 5.75 Å². The number of aromatic nitrogens is 5. The van der Waals surface area contributed by atoms with Gasteiger partial charge in [0.2, 0.25) is 0 Å². The Morgan fingerprint density at radius 3 is 2.31 bits per heavy atom. The van der Waals surface area contributed by atoms with E-state index >= 15 is 0 Å². The fraction of sp³-hybridized carbons (Fsp3) is 0.412. The molecule has 0 amide bonds. The molecule has 0 unspecified atom stereocenters. The summed E-state index contributed by atoms with van der Waals surface area (Å²) in [4.78, 5) is 31.5. The first kappa shape index (κ1) is 25.2. The van der Waals surface area contributed by atoms with Gasteiger partial charge in [0.15, 0.2) is 11.2 Å². The van der Waals surface area contributed by atoms with Crippen molar-refractivity contribution >= 4 is 21.6 Å². The molecule has 0 fully saturated rings. The van der Waals surface area contributed by atoms with Gasteiger partial charge in [-0.3, -0.25) is 23.5 Å². The number of aryl methyl sites for hydroxylation is 2. The monoisotopic (exact) mass is 473 g/mol. The van der Waals surface area contributed by atoms with E-state index in [1.54, 1.807) is 6.92 Å². The van der Waals surface area contributed by atoms with E-state index < -0.39 is 21.6 Å². The van der Waals surface area contributed by atoms with Crippen LogP contribution in [0.5, 0.6) is 5.75 Å². The minimum Gasteiger partial charge on any atom is -0.506 e. The Bertz CT molecular complexity index is 1340. The number of fused-ring (bicyclic) bond motifs is 1. The Kier molecular flexibility index (Phi) is 7.87. The number of nitrogens with zero attached hydrogens (tertiary/aromatic N) is 5. The summed E-state index contributed by atoms with van der Waals surface area (Å²) < 4.78 is 37.0. The molecule has 3 aromatic rings. The summed E-state index contributed by atoms with van der Waals surface area (Å²) in [6.07, 6.45) is 2.74. The molecule has 0 aliphatic carbocycles. The van der Waals surface area contributed by atoms with E-state index in [1.807, 2.05) is 0 Å². The SMILES string of the molecule is Cc1ncc(CO)c(CO)c1O.Cn1c(=O)c2c(ncn2CCOS(=O)(=O)O)n(C)c1=O. The lowest BCUT2D eigenvalue weighted by Crippen LogP contribution is -2.37. The van der Waals surface area contributed by atoms with Gasteiger partial charge in [-0.1, -0.05) is 0 Å². The van der Waals surface area contributed by atoms with Crippen LogP contribution in [0, 0.1) is 6.92 Å². The number of hydrogen-bond donors (Lipinski definition) is 4. The van der Waals surface area contributed by atoms with Crippen LogP contribution < -0.4 is 11.2 Å². The molecular formula is C17H23N5O9S. The van der Waals surface area contributed by atoms with Crippen LogP contribution in [0.25, 0.3) is 11.2 Å². The van der Waals surface area contributed by atoms with Crippen LogP contribution in [-0.4, -0.2) is 58.6 Å². The molecule has 15 heteroatoms. The molecule has 3 rings (SSSR count). The number of aliphatic hydroxyl groups is 2. The van der Waals surface area contributed by atoms with Crippen molar-refractivity contribution in [3.05, 3.63) is 50.2 Å². The molecule has 3 aromatic heterocycles. The Morgan fingerprint density at radius 1 is 1.09 bits per heavy atom. The van der Waals surface area contributed by atoms with Gasteiger partial charge >= 0.3 is 16.1 Å². The van der Waals surface area contributed by atoms with Crippen LogP contribution in [0.4, 0.5) is 0 Å². The van der Waals surface area contributed by atoms with Gasteiger partial charge in [0.05, 0.1) is 31.8 Å². The molecule has 0 saturated carbocycles. The van der Waals surface area contributed by atoms with Crippen molar-refractivity contribution < 1.29 is 32.5 Å². The van der Waals surface area contributed by atoms with Gasteiger partial charge in [-0.2, -0.15) is 8.42 Å². The topological polar surface area (TPSA) is 199 Å². The highest BCUT2D eigenvalue weighted by Gasteiger charge is 2.14. The van der Waals surface area contributed by atoms with Crippen LogP contribution in [-0.2, 0) is 48.4 Å². The van der Waals surface area contributed by atoms with Crippen LogP contribution in [0.2, 0.25) is 0 Å². The molecule has 14 nitrogen and oxygen atoms in total. The summed E-state index contributed by atoms with van der Waals surface area (Å²) in [5.74, 6) is -0.0379. The lowest BCUT2D eigenvalue weighted by atomic mass is 10.1. The predicted octanol–water partition coefficient (Wildman–Crippen LogP) is -1.67. The number of imidazole rings is 1. The molecule has 0 aliphatic heterocycles. The van der Waals surface area contributed by atoms with E-state index in [4.69, 9.17) is 14.8 Å². The molecule has 0 saturated heterocycles. The smallest absolute Gasteiger partial charge is 0.397 e. The predicted molar refractivity (Wildman–Crippen MR) is 110 cm³/mol. The Morgan fingerprint density at radius 2 is 1.75 bits per heavy atom. The van der Waals surface area contributed by atoms with Crippen LogP contribution in [0.1, 0.15) is 16.8 Å². The molecule has 0 bridgehead atoms. The fourth-order valence-electron chi connectivity index (χ4n) is 2.80. The summed E-state index contributed by atoms with van der Waals surface area (Å²) in [7, 11) is -1.74. The van der Waals surface area contributed by atoms with Gasteiger partial charge in [-0.25, -0.2) is 14.0 Å².